The quantitative estimate of drug-likeness (QED) is 0.245. The van der Waals surface area contributed by atoms with Crippen LogP contribution in [0.25, 0.3) is 33.4 Å². The topological polar surface area (TPSA) is 37.3 Å². The molecule has 0 aliphatic heterocycles. The van der Waals surface area contributed by atoms with E-state index in [2.05, 4.69) is 114 Å². The average molecular weight is 634 g/mol. The van der Waals surface area contributed by atoms with E-state index in [4.69, 9.17) is 9.90 Å². The monoisotopic (exact) mass is 634 g/mol. The van der Waals surface area contributed by atoms with Crippen molar-refractivity contribution >= 4 is 5.97 Å². The van der Waals surface area contributed by atoms with Crippen LogP contribution in [0.4, 0.5) is 0 Å². The molecule has 0 saturated heterocycles. The summed E-state index contributed by atoms with van der Waals surface area (Å²) in [6, 6.07) is 27.5. The molecule has 0 aliphatic carbocycles. The Kier molecular flexibility index (Phi) is 9.80. The number of aryl methyl sites for hydroxylation is 6. The van der Waals surface area contributed by atoms with E-state index in [-0.39, 0.29) is 21.1 Å². The second kappa shape index (κ2) is 12.1. The van der Waals surface area contributed by atoms with E-state index in [1.807, 2.05) is 0 Å². The second-order valence-corrected chi connectivity index (χ2v) is 9.45. The number of benzene rings is 4. The summed E-state index contributed by atoms with van der Waals surface area (Å²) in [5, 5.41) is 7.42. The van der Waals surface area contributed by atoms with Crippen molar-refractivity contribution in [3.8, 4) is 33.4 Å². The van der Waals surface area contributed by atoms with Gasteiger partial charge in [-0.1, -0.05) is 88.0 Å². The minimum Gasteiger partial charge on any atom is -0.481 e. The summed E-state index contributed by atoms with van der Waals surface area (Å²) in [5.41, 5.74) is 15.5. The largest absolute Gasteiger partial charge is 0.481 e. The van der Waals surface area contributed by atoms with Gasteiger partial charge in [0, 0.05) is 28.0 Å². The van der Waals surface area contributed by atoms with Crippen LogP contribution in [-0.2, 0) is 25.9 Å². The molecule has 4 aromatic rings. The molecule has 0 bridgehead atoms. The van der Waals surface area contributed by atoms with Crippen LogP contribution in [0.15, 0.2) is 72.8 Å². The molecular weight excluding hydrogens is 600 g/mol. The number of rotatable bonds is 3. The van der Waals surface area contributed by atoms with Gasteiger partial charge >= 0.3 is 0 Å². The Balaban J connectivity index is 0.000000804. The number of carbonyl (C=O) groups is 1. The van der Waals surface area contributed by atoms with E-state index in [0.717, 1.165) is 6.92 Å². The summed E-state index contributed by atoms with van der Waals surface area (Å²) in [6.45, 7) is 14.1. The predicted octanol–water partition coefficient (Wildman–Crippen LogP) is 8.63. The molecule has 180 valence electrons. The van der Waals surface area contributed by atoms with Gasteiger partial charge in [-0.15, -0.1) is 0 Å². The van der Waals surface area contributed by atoms with Crippen molar-refractivity contribution < 1.29 is 31.0 Å². The third kappa shape index (κ3) is 8.04. The van der Waals surface area contributed by atoms with Gasteiger partial charge in [0.1, 0.15) is 0 Å². The smallest absolute Gasteiger partial charge is 0.300 e. The molecule has 0 radical (unpaired) electrons. The van der Waals surface area contributed by atoms with Crippen LogP contribution in [0.2, 0.25) is 0 Å². The summed E-state index contributed by atoms with van der Waals surface area (Å²) < 4.78 is 0. The SMILES string of the molecule is CC(=O)O.Cc1cc(C)cc(-c2cc(-c3cc(C)cc(C)c3)cc(-c3cc(C)cc(C)c3)c2)c1.[W]. The zero-order chi connectivity index (χ0) is 25.0. The third-order valence-electron chi connectivity index (χ3n) is 5.60. The van der Waals surface area contributed by atoms with Gasteiger partial charge in [0.15, 0.2) is 0 Å². The van der Waals surface area contributed by atoms with Gasteiger partial charge in [-0.05, 0) is 93.1 Å². The van der Waals surface area contributed by atoms with E-state index >= 15 is 0 Å². The zero-order valence-corrected chi connectivity index (χ0v) is 24.6. The standard InChI is InChI=1S/C30H30.C2H4O2.W/c1-19-7-20(2)11-25(10-19)28-16-29(26-12-21(3)8-22(4)13-26)18-30(17-28)27-14-23(5)9-24(6)15-27;1-2(3)4;/h7-18H,1-6H3;1H3,(H,3,4);. The molecule has 0 fully saturated rings. The van der Waals surface area contributed by atoms with Gasteiger partial charge in [0.2, 0.25) is 0 Å². The molecule has 0 unspecified atom stereocenters. The zero-order valence-electron chi connectivity index (χ0n) is 21.7. The molecule has 0 heterocycles. The van der Waals surface area contributed by atoms with Crippen LogP contribution in [0, 0.1) is 41.5 Å². The minimum atomic E-state index is -0.833. The molecule has 3 heteroatoms. The number of carboxylic acid groups (broad SMARTS) is 1. The molecule has 4 aromatic carbocycles. The van der Waals surface area contributed by atoms with E-state index in [0.29, 0.717) is 0 Å². The molecule has 35 heavy (non-hydrogen) atoms. The number of aliphatic carboxylic acids is 1. The fourth-order valence-corrected chi connectivity index (χ4v) is 4.55. The summed E-state index contributed by atoms with van der Waals surface area (Å²) in [4.78, 5) is 9.00. The second-order valence-electron chi connectivity index (χ2n) is 9.45. The van der Waals surface area contributed by atoms with Crippen LogP contribution in [-0.4, -0.2) is 11.1 Å². The van der Waals surface area contributed by atoms with Gasteiger partial charge in [0.25, 0.3) is 5.97 Å². The van der Waals surface area contributed by atoms with Gasteiger partial charge < -0.3 is 5.11 Å². The van der Waals surface area contributed by atoms with Crippen molar-refractivity contribution in [1.82, 2.24) is 0 Å². The summed E-state index contributed by atoms with van der Waals surface area (Å²) in [7, 11) is 0. The molecule has 0 amide bonds. The fraction of sp³-hybridized carbons (Fsp3) is 0.219. The van der Waals surface area contributed by atoms with Crippen molar-refractivity contribution in [3.05, 3.63) is 106 Å². The first-order chi connectivity index (χ1) is 16.0. The first kappa shape index (κ1) is 28.3. The Morgan fingerprint density at radius 1 is 0.429 bits per heavy atom. The minimum absolute atomic E-state index is 0. The van der Waals surface area contributed by atoms with Gasteiger partial charge in [0.05, 0.1) is 0 Å². The van der Waals surface area contributed by atoms with Crippen LogP contribution < -0.4 is 0 Å². The van der Waals surface area contributed by atoms with Crippen LogP contribution in [0.1, 0.15) is 40.3 Å². The average Bonchev–Trinajstić information content (AvgIpc) is 2.71. The van der Waals surface area contributed by atoms with Crippen molar-refractivity contribution in [2.45, 2.75) is 48.5 Å². The fourth-order valence-electron chi connectivity index (χ4n) is 4.55. The van der Waals surface area contributed by atoms with E-state index in [1.165, 1.54) is 66.8 Å². The molecular formula is C32H34O2W. The number of hydrogen-bond donors (Lipinski definition) is 1. The molecule has 0 saturated carbocycles. The predicted molar refractivity (Wildman–Crippen MR) is 144 cm³/mol. The Morgan fingerprint density at radius 2 is 0.571 bits per heavy atom. The first-order valence-corrected chi connectivity index (χ1v) is 11.6. The maximum Gasteiger partial charge on any atom is 0.300 e. The number of carboxylic acids is 1. The van der Waals surface area contributed by atoms with Crippen molar-refractivity contribution in [2.24, 2.45) is 0 Å². The molecule has 0 atom stereocenters. The first-order valence-electron chi connectivity index (χ1n) is 11.6. The maximum atomic E-state index is 9.00. The van der Waals surface area contributed by atoms with Gasteiger partial charge in [-0.3, -0.25) is 4.79 Å². The van der Waals surface area contributed by atoms with Gasteiger partial charge in [-0.25, -0.2) is 0 Å². The summed E-state index contributed by atoms with van der Waals surface area (Å²) in [6.07, 6.45) is 0. The van der Waals surface area contributed by atoms with Gasteiger partial charge in [-0.2, -0.15) is 0 Å². The molecule has 0 spiro atoms. The Bertz CT molecular complexity index is 1120. The van der Waals surface area contributed by atoms with Crippen LogP contribution in [0.5, 0.6) is 0 Å². The normalized spacial score (nSPS) is 10.1. The number of hydrogen-bond acceptors (Lipinski definition) is 1. The Labute approximate surface area is 224 Å². The molecule has 2 nitrogen and oxygen atoms in total. The van der Waals surface area contributed by atoms with E-state index < -0.39 is 5.97 Å². The third-order valence-corrected chi connectivity index (χ3v) is 5.60. The van der Waals surface area contributed by atoms with E-state index in [1.54, 1.807) is 0 Å². The van der Waals surface area contributed by atoms with Crippen molar-refractivity contribution in [1.29, 1.82) is 0 Å². The van der Waals surface area contributed by atoms with Crippen LogP contribution in [0.3, 0.4) is 0 Å². The Hall–Kier alpha value is -2.96. The van der Waals surface area contributed by atoms with E-state index in [9.17, 15) is 0 Å². The molecule has 0 aromatic heterocycles. The molecule has 4 rings (SSSR count). The molecule has 1 N–H and O–H groups in total. The summed E-state index contributed by atoms with van der Waals surface area (Å²) >= 11 is 0. The maximum absolute atomic E-state index is 9.00. The van der Waals surface area contributed by atoms with Crippen LogP contribution >= 0.6 is 0 Å². The summed E-state index contributed by atoms with van der Waals surface area (Å²) in [5.74, 6) is -0.833. The van der Waals surface area contributed by atoms with Crippen molar-refractivity contribution in [2.75, 3.05) is 0 Å². The van der Waals surface area contributed by atoms with Crippen molar-refractivity contribution in [3.63, 3.8) is 0 Å². The Morgan fingerprint density at radius 3 is 0.743 bits per heavy atom. The molecule has 0 aliphatic rings.